The minimum Gasteiger partial charge on any atom is -0.481 e. The second-order valence-corrected chi connectivity index (χ2v) is 7.11. The largest absolute Gasteiger partial charge is 0.481 e. The Bertz CT molecular complexity index is 603. The third-order valence-corrected chi connectivity index (χ3v) is 4.47. The Morgan fingerprint density at radius 3 is 2.33 bits per heavy atom. The Morgan fingerprint density at radius 2 is 1.70 bits per heavy atom. The van der Waals surface area contributed by atoms with E-state index in [0.717, 1.165) is 37.7 Å². The molecule has 1 unspecified atom stereocenters. The highest BCUT2D eigenvalue weighted by molar-refractivity contribution is 5.94. The number of carbonyl (C=O) groups excluding carboxylic acids is 2. The number of hydrogen-bond donors (Lipinski definition) is 3. The Labute approximate surface area is 161 Å². The van der Waals surface area contributed by atoms with Crippen LogP contribution >= 0.6 is 0 Å². The van der Waals surface area contributed by atoms with Crippen molar-refractivity contribution in [1.82, 2.24) is 10.6 Å². The van der Waals surface area contributed by atoms with Gasteiger partial charge in [-0.05, 0) is 25.3 Å². The third-order valence-electron chi connectivity index (χ3n) is 4.47. The van der Waals surface area contributed by atoms with E-state index in [1.807, 2.05) is 30.3 Å². The summed E-state index contributed by atoms with van der Waals surface area (Å²) in [7, 11) is 0. The van der Waals surface area contributed by atoms with Crippen molar-refractivity contribution in [3.63, 3.8) is 0 Å². The molecule has 0 radical (unpaired) electrons. The van der Waals surface area contributed by atoms with Crippen LogP contribution in [0.3, 0.4) is 0 Å². The first kappa shape index (κ1) is 22.7. The van der Waals surface area contributed by atoms with Crippen LogP contribution in [-0.2, 0) is 20.8 Å². The molecular formula is C21H32N2O4. The summed E-state index contributed by atoms with van der Waals surface area (Å²) in [5.41, 5.74) is -0.378. The molecule has 1 atom stereocenters. The van der Waals surface area contributed by atoms with Gasteiger partial charge < -0.3 is 15.7 Å². The van der Waals surface area contributed by atoms with Gasteiger partial charge in [-0.25, -0.2) is 0 Å². The fourth-order valence-electron chi connectivity index (χ4n) is 2.90. The van der Waals surface area contributed by atoms with Gasteiger partial charge in [-0.15, -0.1) is 0 Å². The molecule has 0 fully saturated rings. The summed E-state index contributed by atoms with van der Waals surface area (Å²) >= 11 is 0. The molecule has 6 heteroatoms. The van der Waals surface area contributed by atoms with Crippen molar-refractivity contribution in [2.24, 2.45) is 0 Å². The summed E-state index contributed by atoms with van der Waals surface area (Å²) in [6, 6.07) is 9.69. The van der Waals surface area contributed by atoms with Gasteiger partial charge in [0.1, 0.15) is 5.54 Å². The fourth-order valence-corrected chi connectivity index (χ4v) is 2.90. The second kappa shape index (κ2) is 12.1. The molecular weight excluding hydrogens is 344 g/mol. The van der Waals surface area contributed by atoms with Gasteiger partial charge in [-0.1, -0.05) is 62.9 Å². The van der Waals surface area contributed by atoms with Crippen LogP contribution in [0.5, 0.6) is 0 Å². The summed E-state index contributed by atoms with van der Waals surface area (Å²) in [5.74, 6) is -1.88. The van der Waals surface area contributed by atoms with Gasteiger partial charge in [-0.2, -0.15) is 0 Å². The Kier molecular flexibility index (Phi) is 10.2. The van der Waals surface area contributed by atoms with E-state index in [1.165, 1.54) is 6.92 Å². The zero-order valence-electron chi connectivity index (χ0n) is 16.4. The Balaban J connectivity index is 2.53. The van der Waals surface area contributed by atoms with E-state index in [0.29, 0.717) is 19.4 Å². The second-order valence-electron chi connectivity index (χ2n) is 7.11. The number of carboxylic acid groups (broad SMARTS) is 1. The van der Waals surface area contributed by atoms with Crippen molar-refractivity contribution >= 4 is 17.8 Å². The van der Waals surface area contributed by atoms with Crippen LogP contribution in [0.25, 0.3) is 0 Å². The van der Waals surface area contributed by atoms with E-state index < -0.39 is 23.8 Å². The summed E-state index contributed by atoms with van der Waals surface area (Å²) in [6.07, 6.45) is 5.54. The highest BCUT2D eigenvalue weighted by atomic mass is 16.4. The van der Waals surface area contributed by atoms with E-state index in [1.54, 1.807) is 0 Å². The molecule has 0 saturated heterocycles. The molecule has 3 N–H and O–H groups in total. The van der Waals surface area contributed by atoms with E-state index in [2.05, 4.69) is 17.6 Å². The van der Waals surface area contributed by atoms with Crippen molar-refractivity contribution < 1.29 is 19.5 Å². The number of unbranched alkanes of at least 4 members (excludes halogenated alkanes) is 4. The summed E-state index contributed by atoms with van der Waals surface area (Å²) in [6.45, 7) is 3.97. The minimum absolute atomic E-state index is 0.284. The van der Waals surface area contributed by atoms with Crippen LogP contribution in [0.4, 0.5) is 0 Å². The Hall–Kier alpha value is -2.37. The molecule has 0 bridgehead atoms. The maximum absolute atomic E-state index is 12.6. The molecule has 0 heterocycles. The molecule has 0 saturated carbocycles. The average Bonchev–Trinajstić information content (AvgIpc) is 2.61. The standard InChI is InChI=1S/C21H32N2O4/c1-3-4-5-6-10-13-18(24)23-21(2,16-19(25)26)20(27)22-15-14-17-11-8-7-9-12-17/h7-9,11-12H,3-6,10,13-16H2,1-2H3,(H,22,27)(H,23,24)(H,25,26). The van der Waals surface area contributed by atoms with E-state index in [-0.39, 0.29) is 5.91 Å². The zero-order valence-corrected chi connectivity index (χ0v) is 16.4. The van der Waals surface area contributed by atoms with Gasteiger partial charge in [0, 0.05) is 13.0 Å². The van der Waals surface area contributed by atoms with Crippen LogP contribution in [0.2, 0.25) is 0 Å². The van der Waals surface area contributed by atoms with Gasteiger partial charge >= 0.3 is 5.97 Å². The van der Waals surface area contributed by atoms with Crippen molar-refractivity contribution in [2.45, 2.75) is 70.8 Å². The van der Waals surface area contributed by atoms with Crippen LogP contribution < -0.4 is 10.6 Å². The van der Waals surface area contributed by atoms with Crippen molar-refractivity contribution in [3.05, 3.63) is 35.9 Å². The number of rotatable bonds is 13. The summed E-state index contributed by atoms with van der Waals surface area (Å²) in [5, 5.41) is 14.5. The van der Waals surface area contributed by atoms with E-state index in [9.17, 15) is 14.4 Å². The van der Waals surface area contributed by atoms with Crippen molar-refractivity contribution in [2.75, 3.05) is 6.54 Å². The number of carboxylic acids is 1. The number of amides is 2. The monoisotopic (exact) mass is 376 g/mol. The quantitative estimate of drug-likeness (QED) is 0.461. The highest BCUT2D eigenvalue weighted by Gasteiger charge is 2.36. The van der Waals surface area contributed by atoms with E-state index in [4.69, 9.17) is 5.11 Å². The normalized spacial score (nSPS) is 12.8. The first-order valence-electron chi connectivity index (χ1n) is 9.72. The number of carbonyl (C=O) groups is 3. The summed E-state index contributed by atoms with van der Waals surface area (Å²) in [4.78, 5) is 35.9. The molecule has 0 aliphatic carbocycles. The van der Waals surface area contributed by atoms with Crippen LogP contribution in [0.1, 0.15) is 64.4 Å². The lowest BCUT2D eigenvalue weighted by Gasteiger charge is -2.28. The van der Waals surface area contributed by atoms with Gasteiger partial charge in [0.2, 0.25) is 11.8 Å². The SMILES string of the molecule is CCCCCCCC(=O)NC(C)(CC(=O)O)C(=O)NCCc1ccccc1. The minimum atomic E-state index is -1.46. The molecule has 1 aromatic carbocycles. The number of hydrogen-bond acceptors (Lipinski definition) is 3. The van der Waals surface area contributed by atoms with Crippen molar-refractivity contribution in [3.8, 4) is 0 Å². The maximum Gasteiger partial charge on any atom is 0.306 e. The van der Waals surface area contributed by atoms with Crippen LogP contribution in [0, 0.1) is 0 Å². The lowest BCUT2D eigenvalue weighted by Crippen LogP contribution is -2.58. The molecule has 2 amide bonds. The molecule has 1 aromatic rings. The molecule has 27 heavy (non-hydrogen) atoms. The predicted octanol–water partition coefficient (Wildman–Crippen LogP) is 3.06. The third kappa shape index (κ3) is 9.22. The average molecular weight is 376 g/mol. The first-order valence-corrected chi connectivity index (χ1v) is 9.72. The molecule has 0 aliphatic rings. The van der Waals surface area contributed by atoms with Gasteiger partial charge in [0.25, 0.3) is 0 Å². The molecule has 6 nitrogen and oxygen atoms in total. The first-order chi connectivity index (χ1) is 12.9. The highest BCUT2D eigenvalue weighted by Crippen LogP contribution is 2.12. The lowest BCUT2D eigenvalue weighted by atomic mass is 9.95. The van der Waals surface area contributed by atoms with Gasteiger partial charge in [0.15, 0.2) is 0 Å². The Morgan fingerprint density at radius 1 is 1.04 bits per heavy atom. The van der Waals surface area contributed by atoms with Crippen molar-refractivity contribution in [1.29, 1.82) is 0 Å². The predicted molar refractivity (Wildman–Crippen MR) is 105 cm³/mol. The molecule has 150 valence electrons. The smallest absolute Gasteiger partial charge is 0.306 e. The molecule has 0 aromatic heterocycles. The van der Waals surface area contributed by atoms with Gasteiger partial charge in [-0.3, -0.25) is 14.4 Å². The van der Waals surface area contributed by atoms with Gasteiger partial charge in [0.05, 0.1) is 6.42 Å². The van der Waals surface area contributed by atoms with Crippen LogP contribution in [-0.4, -0.2) is 35.0 Å². The maximum atomic E-state index is 12.6. The number of aliphatic carboxylic acids is 1. The number of benzene rings is 1. The molecule has 1 rings (SSSR count). The van der Waals surface area contributed by atoms with Crippen LogP contribution in [0.15, 0.2) is 30.3 Å². The molecule has 0 spiro atoms. The lowest BCUT2D eigenvalue weighted by molar-refractivity contribution is -0.143. The topological polar surface area (TPSA) is 95.5 Å². The van der Waals surface area contributed by atoms with E-state index >= 15 is 0 Å². The fraction of sp³-hybridized carbons (Fsp3) is 0.571. The summed E-state index contributed by atoms with van der Waals surface area (Å²) < 4.78 is 0. The number of nitrogens with one attached hydrogen (secondary N) is 2. The molecule has 0 aliphatic heterocycles. The zero-order chi connectivity index (χ0) is 20.1.